The van der Waals surface area contributed by atoms with Gasteiger partial charge in [0.05, 0.1) is 11.3 Å². The number of aryl methyl sites for hydroxylation is 1. The first kappa shape index (κ1) is 17.5. The molecule has 0 aliphatic rings. The third kappa shape index (κ3) is 5.03. The van der Waals surface area contributed by atoms with Gasteiger partial charge in [-0.15, -0.1) is 0 Å². The molecule has 0 atom stereocenters. The number of anilines is 1. The largest absolute Gasteiger partial charge is 0.385 e. The molecular weight excluding hydrogens is 262 g/mol. The van der Waals surface area contributed by atoms with Crippen molar-refractivity contribution in [1.29, 1.82) is 0 Å². The summed E-state index contributed by atoms with van der Waals surface area (Å²) >= 11 is 0. The Morgan fingerprint density at radius 2 is 2.05 bits per heavy atom. The molecule has 0 saturated heterocycles. The number of pyridine rings is 1. The summed E-state index contributed by atoms with van der Waals surface area (Å²) in [6.45, 7) is 11.9. The number of aromatic nitrogens is 1. The van der Waals surface area contributed by atoms with Crippen LogP contribution in [0.5, 0.6) is 0 Å². The number of amides is 1. The van der Waals surface area contributed by atoms with Gasteiger partial charge in [0.1, 0.15) is 0 Å². The van der Waals surface area contributed by atoms with Crippen molar-refractivity contribution in [2.45, 2.75) is 59.9 Å². The van der Waals surface area contributed by atoms with Gasteiger partial charge in [-0.1, -0.05) is 19.8 Å². The molecule has 1 rings (SSSR count). The van der Waals surface area contributed by atoms with E-state index >= 15 is 0 Å². The van der Waals surface area contributed by atoms with Gasteiger partial charge in [0.2, 0.25) is 0 Å². The Bertz CT molecular complexity index is 457. The molecule has 0 aromatic carbocycles. The fourth-order valence-electron chi connectivity index (χ4n) is 2.35. The van der Waals surface area contributed by atoms with Crippen LogP contribution in [0.15, 0.2) is 12.3 Å². The lowest BCUT2D eigenvalue weighted by atomic mass is 10.1. The van der Waals surface area contributed by atoms with Gasteiger partial charge in [-0.25, -0.2) is 0 Å². The Kier molecular flexibility index (Phi) is 7.20. The average Bonchev–Trinajstić information content (AvgIpc) is 2.43. The van der Waals surface area contributed by atoms with E-state index in [0.717, 1.165) is 43.7 Å². The first-order chi connectivity index (χ1) is 10.0. The minimum atomic E-state index is 0.0737. The number of hydrogen-bond donors (Lipinski definition) is 1. The normalized spacial score (nSPS) is 10.8. The summed E-state index contributed by atoms with van der Waals surface area (Å²) in [7, 11) is 0. The fraction of sp³-hybridized carbons (Fsp3) is 0.647. The van der Waals surface area contributed by atoms with Crippen molar-refractivity contribution < 1.29 is 4.79 Å². The molecule has 0 aliphatic carbocycles. The SMILES string of the molecule is CCCCCN(C(=O)c1cnc(C)cc1NCC)C(C)C. The molecule has 0 fully saturated rings. The zero-order valence-electron chi connectivity index (χ0n) is 14.1. The van der Waals surface area contributed by atoms with Gasteiger partial charge >= 0.3 is 0 Å². The predicted molar refractivity (Wildman–Crippen MR) is 88.8 cm³/mol. The minimum Gasteiger partial charge on any atom is -0.385 e. The van der Waals surface area contributed by atoms with E-state index in [2.05, 4.69) is 31.1 Å². The second-order valence-electron chi connectivity index (χ2n) is 5.70. The van der Waals surface area contributed by atoms with Gasteiger partial charge < -0.3 is 10.2 Å². The summed E-state index contributed by atoms with van der Waals surface area (Å²) < 4.78 is 0. The molecule has 4 heteroatoms. The van der Waals surface area contributed by atoms with Crippen molar-refractivity contribution in [2.75, 3.05) is 18.4 Å². The van der Waals surface area contributed by atoms with Gasteiger partial charge in [0.25, 0.3) is 5.91 Å². The van der Waals surface area contributed by atoms with Crippen molar-refractivity contribution in [3.05, 3.63) is 23.5 Å². The van der Waals surface area contributed by atoms with E-state index in [1.54, 1.807) is 6.20 Å². The second kappa shape index (κ2) is 8.65. The van der Waals surface area contributed by atoms with Crippen molar-refractivity contribution >= 4 is 11.6 Å². The van der Waals surface area contributed by atoms with E-state index < -0.39 is 0 Å². The first-order valence-electron chi connectivity index (χ1n) is 8.02. The molecule has 0 spiro atoms. The Morgan fingerprint density at radius 1 is 1.33 bits per heavy atom. The summed E-state index contributed by atoms with van der Waals surface area (Å²) in [5, 5.41) is 3.27. The second-order valence-corrected chi connectivity index (χ2v) is 5.70. The van der Waals surface area contributed by atoms with Crippen LogP contribution in [0.1, 0.15) is 63.0 Å². The van der Waals surface area contributed by atoms with E-state index in [9.17, 15) is 4.79 Å². The molecule has 0 bridgehead atoms. The van der Waals surface area contributed by atoms with Gasteiger partial charge in [-0.05, 0) is 40.2 Å². The summed E-state index contributed by atoms with van der Waals surface area (Å²) in [6.07, 6.45) is 5.07. The molecule has 1 heterocycles. The van der Waals surface area contributed by atoms with Crippen LogP contribution < -0.4 is 5.32 Å². The molecule has 4 nitrogen and oxygen atoms in total. The summed E-state index contributed by atoms with van der Waals surface area (Å²) in [5.41, 5.74) is 2.48. The van der Waals surface area contributed by atoms with Crippen LogP contribution in [-0.4, -0.2) is 34.9 Å². The monoisotopic (exact) mass is 291 g/mol. The number of unbranched alkanes of at least 4 members (excludes halogenated alkanes) is 2. The predicted octanol–water partition coefficient (Wildman–Crippen LogP) is 3.86. The van der Waals surface area contributed by atoms with E-state index in [0.29, 0.717) is 5.56 Å². The number of nitrogens with one attached hydrogen (secondary N) is 1. The highest BCUT2D eigenvalue weighted by atomic mass is 16.2. The fourth-order valence-corrected chi connectivity index (χ4v) is 2.35. The molecule has 0 unspecified atom stereocenters. The molecular formula is C17H29N3O. The summed E-state index contributed by atoms with van der Waals surface area (Å²) in [4.78, 5) is 19.1. The summed E-state index contributed by atoms with van der Waals surface area (Å²) in [5.74, 6) is 0.0737. The van der Waals surface area contributed by atoms with Crippen LogP contribution in [0, 0.1) is 6.92 Å². The molecule has 1 aromatic rings. The molecule has 1 N–H and O–H groups in total. The molecule has 118 valence electrons. The van der Waals surface area contributed by atoms with Crippen LogP contribution in [-0.2, 0) is 0 Å². The highest BCUT2D eigenvalue weighted by Gasteiger charge is 2.21. The van der Waals surface area contributed by atoms with Crippen LogP contribution in [0.2, 0.25) is 0 Å². The Morgan fingerprint density at radius 3 is 2.62 bits per heavy atom. The van der Waals surface area contributed by atoms with Crippen molar-refractivity contribution in [3.8, 4) is 0 Å². The highest BCUT2D eigenvalue weighted by Crippen LogP contribution is 2.19. The average molecular weight is 291 g/mol. The zero-order chi connectivity index (χ0) is 15.8. The third-order valence-electron chi connectivity index (χ3n) is 3.53. The van der Waals surface area contributed by atoms with E-state index in [4.69, 9.17) is 0 Å². The van der Waals surface area contributed by atoms with E-state index in [-0.39, 0.29) is 11.9 Å². The minimum absolute atomic E-state index is 0.0737. The zero-order valence-corrected chi connectivity index (χ0v) is 14.1. The maximum atomic E-state index is 12.8. The van der Waals surface area contributed by atoms with Gasteiger partial charge in [-0.3, -0.25) is 9.78 Å². The topological polar surface area (TPSA) is 45.2 Å². The molecule has 21 heavy (non-hydrogen) atoms. The number of nitrogens with zero attached hydrogens (tertiary/aromatic N) is 2. The molecule has 0 aliphatic heterocycles. The molecule has 1 aromatic heterocycles. The maximum Gasteiger partial charge on any atom is 0.257 e. The molecule has 0 radical (unpaired) electrons. The van der Waals surface area contributed by atoms with Crippen molar-refractivity contribution in [3.63, 3.8) is 0 Å². The third-order valence-corrected chi connectivity index (χ3v) is 3.53. The Balaban J connectivity index is 2.97. The van der Waals surface area contributed by atoms with Crippen molar-refractivity contribution in [1.82, 2.24) is 9.88 Å². The standard InChI is InChI=1S/C17H29N3O/c1-6-8-9-10-20(13(3)4)17(21)15-12-19-14(5)11-16(15)18-7-2/h11-13H,6-10H2,1-5H3,(H,18,19). The Hall–Kier alpha value is -1.58. The number of rotatable bonds is 8. The van der Waals surface area contributed by atoms with Crippen LogP contribution in [0.4, 0.5) is 5.69 Å². The van der Waals surface area contributed by atoms with Gasteiger partial charge in [-0.2, -0.15) is 0 Å². The number of hydrogen-bond acceptors (Lipinski definition) is 3. The number of carbonyl (C=O) groups is 1. The number of carbonyl (C=O) groups excluding carboxylic acids is 1. The van der Waals surface area contributed by atoms with E-state index in [1.165, 1.54) is 0 Å². The van der Waals surface area contributed by atoms with E-state index in [1.807, 2.05) is 24.8 Å². The van der Waals surface area contributed by atoms with Gasteiger partial charge in [0.15, 0.2) is 0 Å². The lowest BCUT2D eigenvalue weighted by molar-refractivity contribution is 0.0703. The summed E-state index contributed by atoms with van der Waals surface area (Å²) in [6, 6.07) is 2.14. The van der Waals surface area contributed by atoms with Crippen LogP contribution >= 0.6 is 0 Å². The smallest absolute Gasteiger partial charge is 0.257 e. The van der Waals surface area contributed by atoms with Gasteiger partial charge in [0, 0.05) is 31.0 Å². The lowest BCUT2D eigenvalue weighted by Gasteiger charge is -2.27. The first-order valence-corrected chi connectivity index (χ1v) is 8.02. The quantitative estimate of drug-likeness (QED) is 0.740. The Labute approximate surface area is 129 Å². The van der Waals surface area contributed by atoms with Crippen molar-refractivity contribution in [2.24, 2.45) is 0 Å². The maximum absolute atomic E-state index is 12.8. The lowest BCUT2D eigenvalue weighted by Crippen LogP contribution is -2.38. The molecule has 1 amide bonds. The molecule has 0 saturated carbocycles. The van der Waals surface area contributed by atoms with Crippen LogP contribution in [0.25, 0.3) is 0 Å². The van der Waals surface area contributed by atoms with Crippen LogP contribution in [0.3, 0.4) is 0 Å². The highest BCUT2D eigenvalue weighted by molar-refractivity contribution is 5.99.